The molecule has 0 spiro atoms. The van der Waals surface area contributed by atoms with Gasteiger partial charge < -0.3 is 20.3 Å². The number of H-pyrrole nitrogens is 1. The zero-order valence-corrected chi connectivity index (χ0v) is 17.9. The minimum atomic E-state index is -0.368. The molecule has 9 heteroatoms. The van der Waals surface area contributed by atoms with Crippen molar-refractivity contribution in [1.29, 1.82) is 0 Å². The minimum absolute atomic E-state index is 0.356. The lowest BCUT2D eigenvalue weighted by molar-refractivity contribution is 0.186. The third-order valence-electron chi connectivity index (χ3n) is 5.70. The van der Waals surface area contributed by atoms with Crippen molar-refractivity contribution in [2.45, 2.75) is 19.6 Å². The molecule has 0 saturated carbocycles. The lowest BCUT2D eigenvalue weighted by atomic mass is 10.1. The lowest BCUT2D eigenvalue weighted by Crippen LogP contribution is -2.49. The summed E-state index contributed by atoms with van der Waals surface area (Å²) in [6.45, 7) is 5.50. The highest BCUT2D eigenvalue weighted by Gasteiger charge is 2.20. The average Bonchev–Trinajstić information content (AvgIpc) is 3.31. The van der Waals surface area contributed by atoms with Gasteiger partial charge in [-0.25, -0.2) is 4.39 Å². The maximum atomic E-state index is 14.5. The molecule has 1 aliphatic heterocycles. The summed E-state index contributed by atoms with van der Waals surface area (Å²) in [5, 5.41) is 20.2. The Morgan fingerprint density at radius 2 is 2.16 bits per heavy atom. The lowest BCUT2D eigenvalue weighted by Gasteiger charge is -2.34. The number of rotatable bonds is 5. The summed E-state index contributed by atoms with van der Waals surface area (Å²) >= 11 is 0. The molecule has 1 atom stereocenters. The molecule has 1 unspecified atom stereocenters. The highest BCUT2D eigenvalue weighted by atomic mass is 19.1. The first-order chi connectivity index (χ1) is 15.0. The van der Waals surface area contributed by atoms with Gasteiger partial charge in [-0.15, -0.1) is 0 Å². The molecule has 2 aromatic heterocycles. The summed E-state index contributed by atoms with van der Waals surface area (Å²) in [5.74, 6) is 0.276. The normalized spacial score (nSPS) is 17.0. The topological polar surface area (TPSA) is 83.0 Å². The average molecular weight is 423 g/mol. The van der Waals surface area contributed by atoms with E-state index in [0.717, 1.165) is 47.2 Å². The zero-order valence-electron chi connectivity index (χ0n) is 17.9. The first kappa shape index (κ1) is 19.8. The third kappa shape index (κ3) is 3.70. The number of ether oxygens (including phenoxy) is 1. The number of aromatic nitrogens is 4. The number of methoxy groups -OCH3 is 1. The van der Waals surface area contributed by atoms with E-state index < -0.39 is 0 Å². The van der Waals surface area contributed by atoms with E-state index in [1.807, 2.05) is 6.07 Å². The van der Waals surface area contributed by atoms with E-state index >= 15 is 0 Å². The number of piperazine rings is 1. The Kier molecular flexibility index (Phi) is 4.99. The summed E-state index contributed by atoms with van der Waals surface area (Å²) in [7, 11) is 3.46. The largest absolute Gasteiger partial charge is 0.380 e. The maximum absolute atomic E-state index is 14.5. The predicted molar refractivity (Wildman–Crippen MR) is 120 cm³/mol. The summed E-state index contributed by atoms with van der Waals surface area (Å²) < 4.78 is 21.6. The Morgan fingerprint density at radius 3 is 2.97 bits per heavy atom. The van der Waals surface area contributed by atoms with Crippen LogP contribution in [0.15, 0.2) is 30.5 Å². The van der Waals surface area contributed by atoms with Gasteiger partial charge in [-0.3, -0.25) is 9.78 Å². The van der Waals surface area contributed by atoms with Crippen LogP contribution in [0.25, 0.3) is 21.8 Å². The second kappa shape index (κ2) is 7.82. The SMILES string of the molecule is COCc1cc(N2CCNC(C)C2)cc2[nH]nc(Nc3cc(F)c4nn(C)cc4c3)c12. The monoisotopic (exact) mass is 423 g/mol. The molecule has 8 nitrogen and oxygen atoms in total. The van der Waals surface area contributed by atoms with E-state index in [4.69, 9.17) is 4.74 Å². The number of benzene rings is 2. The number of anilines is 3. The highest BCUT2D eigenvalue weighted by Crippen LogP contribution is 2.33. The van der Waals surface area contributed by atoms with Crippen LogP contribution in [0.5, 0.6) is 0 Å². The Hall–Kier alpha value is -3.17. The molecular weight excluding hydrogens is 397 g/mol. The molecule has 3 N–H and O–H groups in total. The van der Waals surface area contributed by atoms with Crippen LogP contribution < -0.4 is 15.5 Å². The number of aromatic amines is 1. The van der Waals surface area contributed by atoms with Gasteiger partial charge in [0.2, 0.25) is 0 Å². The quantitative estimate of drug-likeness (QED) is 0.457. The molecule has 0 bridgehead atoms. The van der Waals surface area contributed by atoms with Crippen LogP contribution in [-0.4, -0.2) is 52.8 Å². The number of nitrogens with zero attached hydrogens (tertiary/aromatic N) is 4. The van der Waals surface area contributed by atoms with Gasteiger partial charge in [0.25, 0.3) is 0 Å². The zero-order chi connectivity index (χ0) is 21.5. The second-order valence-electron chi connectivity index (χ2n) is 8.16. The van der Waals surface area contributed by atoms with Gasteiger partial charge in [0.15, 0.2) is 11.6 Å². The molecule has 0 radical (unpaired) electrons. The molecule has 31 heavy (non-hydrogen) atoms. The van der Waals surface area contributed by atoms with Crippen molar-refractivity contribution in [2.75, 3.05) is 37.0 Å². The van der Waals surface area contributed by atoms with Gasteiger partial charge >= 0.3 is 0 Å². The molecule has 5 rings (SSSR count). The molecule has 1 aliphatic rings. The van der Waals surface area contributed by atoms with E-state index in [-0.39, 0.29) is 5.82 Å². The molecule has 0 aliphatic carbocycles. The highest BCUT2D eigenvalue weighted by molar-refractivity contribution is 5.97. The Morgan fingerprint density at radius 1 is 1.29 bits per heavy atom. The van der Waals surface area contributed by atoms with E-state index in [1.165, 1.54) is 6.07 Å². The summed E-state index contributed by atoms with van der Waals surface area (Å²) in [4.78, 5) is 2.37. The Bertz CT molecular complexity index is 1250. The number of aryl methyl sites for hydroxylation is 1. The smallest absolute Gasteiger partial charge is 0.160 e. The molecule has 1 fully saturated rings. The minimum Gasteiger partial charge on any atom is -0.380 e. The van der Waals surface area contributed by atoms with Gasteiger partial charge in [0.05, 0.1) is 12.1 Å². The molecule has 162 valence electrons. The summed E-state index contributed by atoms with van der Waals surface area (Å²) in [5.41, 5.74) is 4.07. The standard InChI is InChI=1S/C22H26FN7O/c1-13-10-30(5-4-24-13)17-7-15(12-31-3)20-19(9-17)26-27-22(20)25-16-6-14-11-29(2)28-21(14)18(23)8-16/h6-9,11,13,24H,4-5,10,12H2,1-3H3,(H2,25,26,27). The van der Waals surface area contributed by atoms with Crippen molar-refractivity contribution in [3.8, 4) is 0 Å². The fourth-order valence-corrected chi connectivity index (χ4v) is 4.36. The van der Waals surface area contributed by atoms with Crippen molar-refractivity contribution in [3.63, 3.8) is 0 Å². The van der Waals surface area contributed by atoms with Gasteiger partial charge in [-0.2, -0.15) is 10.2 Å². The number of halogens is 1. The molecule has 0 amide bonds. The van der Waals surface area contributed by atoms with Crippen LogP contribution in [0, 0.1) is 5.82 Å². The van der Waals surface area contributed by atoms with Crippen molar-refractivity contribution in [2.24, 2.45) is 7.05 Å². The first-order valence-electron chi connectivity index (χ1n) is 10.4. The van der Waals surface area contributed by atoms with Gasteiger partial charge in [-0.05, 0) is 36.8 Å². The number of fused-ring (bicyclic) bond motifs is 2. The van der Waals surface area contributed by atoms with Crippen molar-refractivity contribution < 1.29 is 9.13 Å². The second-order valence-corrected chi connectivity index (χ2v) is 8.16. The maximum Gasteiger partial charge on any atom is 0.160 e. The third-order valence-corrected chi connectivity index (χ3v) is 5.70. The van der Waals surface area contributed by atoms with Crippen LogP contribution in [-0.2, 0) is 18.4 Å². The predicted octanol–water partition coefficient (Wildman–Crippen LogP) is 3.28. The number of hydrogen-bond donors (Lipinski definition) is 3. The summed E-state index contributed by atoms with van der Waals surface area (Å²) in [6.07, 6.45) is 1.79. The van der Waals surface area contributed by atoms with Gasteiger partial charge in [0, 0.05) is 68.2 Å². The Labute approximate surface area is 179 Å². The number of hydrogen-bond acceptors (Lipinski definition) is 6. The fourth-order valence-electron chi connectivity index (χ4n) is 4.36. The van der Waals surface area contributed by atoms with E-state index in [2.05, 4.69) is 49.9 Å². The number of nitrogens with one attached hydrogen (secondary N) is 3. The van der Waals surface area contributed by atoms with E-state index in [9.17, 15) is 4.39 Å². The summed E-state index contributed by atoms with van der Waals surface area (Å²) in [6, 6.07) is 8.04. The van der Waals surface area contributed by atoms with Crippen LogP contribution in [0.3, 0.4) is 0 Å². The van der Waals surface area contributed by atoms with Crippen LogP contribution in [0.4, 0.5) is 21.6 Å². The van der Waals surface area contributed by atoms with Crippen LogP contribution in [0.1, 0.15) is 12.5 Å². The van der Waals surface area contributed by atoms with Crippen molar-refractivity contribution >= 4 is 39.0 Å². The van der Waals surface area contributed by atoms with Gasteiger partial charge in [-0.1, -0.05) is 0 Å². The Balaban J connectivity index is 1.53. The van der Waals surface area contributed by atoms with Crippen LogP contribution >= 0.6 is 0 Å². The van der Waals surface area contributed by atoms with E-state index in [1.54, 1.807) is 25.0 Å². The molecular formula is C22H26FN7O. The molecule has 4 aromatic rings. The molecule has 2 aromatic carbocycles. The van der Waals surface area contributed by atoms with E-state index in [0.29, 0.717) is 29.7 Å². The van der Waals surface area contributed by atoms with Gasteiger partial charge in [0.1, 0.15) is 5.52 Å². The molecule has 1 saturated heterocycles. The first-order valence-corrected chi connectivity index (χ1v) is 10.4. The fraction of sp³-hybridized carbons (Fsp3) is 0.364. The van der Waals surface area contributed by atoms with Crippen LogP contribution in [0.2, 0.25) is 0 Å². The molecule has 3 heterocycles. The van der Waals surface area contributed by atoms with Crippen molar-refractivity contribution in [1.82, 2.24) is 25.3 Å². The van der Waals surface area contributed by atoms with Crippen molar-refractivity contribution in [3.05, 3.63) is 41.8 Å².